The van der Waals surface area contributed by atoms with E-state index in [0.29, 0.717) is 28.7 Å². The monoisotopic (exact) mass is 292 g/mol. The van der Waals surface area contributed by atoms with Gasteiger partial charge in [-0.1, -0.05) is 0 Å². The van der Waals surface area contributed by atoms with E-state index in [9.17, 15) is 0 Å². The summed E-state index contributed by atoms with van der Waals surface area (Å²) < 4.78 is 7.45. The zero-order chi connectivity index (χ0) is 15.1. The van der Waals surface area contributed by atoms with Gasteiger partial charge in [-0.25, -0.2) is 14.5 Å². The molecule has 0 saturated heterocycles. The molecule has 4 rings (SSSR count). The fraction of sp³-hybridized carbons (Fsp3) is 0. The summed E-state index contributed by atoms with van der Waals surface area (Å²) in [5, 5.41) is 4.11. The van der Waals surface area contributed by atoms with Crippen LogP contribution in [-0.2, 0) is 0 Å². The van der Waals surface area contributed by atoms with Crippen molar-refractivity contribution in [1.82, 2.24) is 19.6 Å². The summed E-state index contributed by atoms with van der Waals surface area (Å²) in [6.07, 6.45) is 4.88. The van der Waals surface area contributed by atoms with Crippen molar-refractivity contribution in [1.29, 1.82) is 0 Å². The molecule has 0 atom stereocenters. The van der Waals surface area contributed by atoms with Gasteiger partial charge in [0.15, 0.2) is 11.6 Å². The standard InChI is InChI=1S/C15H12N6O/c16-11-3-1-9(2-4-11)13-6-18-15(22-13)10-5-12-14(17)19-8-20-21(12)7-10/h1-8H,16H2,(H2,17,19,20). The summed E-state index contributed by atoms with van der Waals surface area (Å²) in [4.78, 5) is 8.27. The first-order valence-electron chi connectivity index (χ1n) is 6.62. The Morgan fingerprint density at radius 1 is 1.00 bits per heavy atom. The van der Waals surface area contributed by atoms with E-state index in [1.165, 1.54) is 6.33 Å². The van der Waals surface area contributed by atoms with E-state index in [-0.39, 0.29) is 0 Å². The van der Waals surface area contributed by atoms with Crippen molar-refractivity contribution in [2.75, 3.05) is 11.5 Å². The third-order valence-electron chi connectivity index (χ3n) is 3.38. The third-order valence-corrected chi connectivity index (χ3v) is 3.38. The molecule has 0 unspecified atom stereocenters. The topological polar surface area (TPSA) is 108 Å². The Morgan fingerprint density at radius 3 is 2.59 bits per heavy atom. The van der Waals surface area contributed by atoms with Crippen LogP contribution in [0.5, 0.6) is 0 Å². The highest BCUT2D eigenvalue weighted by Crippen LogP contribution is 2.28. The molecule has 0 radical (unpaired) electrons. The van der Waals surface area contributed by atoms with Gasteiger partial charge in [-0.3, -0.25) is 0 Å². The van der Waals surface area contributed by atoms with Crippen molar-refractivity contribution >= 4 is 17.0 Å². The Balaban J connectivity index is 1.76. The van der Waals surface area contributed by atoms with Gasteiger partial charge >= 0.3 is 0 Å². The van der Waals surface area contributed by atoms with Crippen LogP contribution in [0.25, 0.3) is 28.3 Å². The summed E-state index contributed by atoms with van der Waals surface area (Å²) in [6, 6.07) is 9.26. The number of rotatable bonds is 2. The maximum Gasteiger partial charge on any atom is 0.228 e. The summed E-state index contributed by atoms with van der Waals surface area (Å²) >= 11 is 0. The van der Waals surface area contributed by atoms with E-state index in [1.807, 2.05) is 30.3 Å². The largest absolute Gasteiger partial charge is 0.436 e. The number of anilines is 2. The van der Waals surface area contributed by atoms with Gasteiger partial charge in [0.25, 0.3) is 0 Å². The maximum atomic E-state index is 5.82. The molecule has 4 N–H and O–H groups in total. The van der Waals surface area contributed by atoms with Crippen LogP contribution in [0.2, 0.25) is 0 Å². The number of nitrogen functional groups attached to an aromatic ring is 2. The number of aromatic nitrogens is 4. The molecule has 7 nitrogen and oxygen atoms in total. The molecule has 0 bridgehead atoms. The molecule has 3 heterocycles. The highest BCUT2D eigenvalue weighted by Gasteiger charge is 2.12. The van der Waals surface area contributed by atoms with E-state index in [2.05, 4.69) is 15.1 Å². The molecule has 3 aromatic heterocycles. The lowest BCUT2D eigenvalue weighted by atomic mass is 10.2. The van der Waals surface area contributed by atoms with Crippen LogP contribution in [0.1, 0.15) is 0 Å². The number of nitrogens with two attached hydrogens (primary N) is 2. The average molecular weight is 292 g/mol. The summed E-state index contributed by atoms with van der Waals surface area (Å²) in [7, 11) is 0. The third kappa shape index (κ3) is 1.96. The van der Waals surface area contributed by atoms with E-state index in [4.69, 9.17) is 15.9 Å². The molecule has 0 aliphatic rings. The zero-order valence-corrected chi connectivity index (χ0v) is 11.5. The first kappa shape index (κ1) is 12.4. The van der Waals surface area contributed by atoms with Crippen molar-refractivity contribution in [2.24, 2.45) is 0 Å². The molecule has 4 aromatic rings. The molecule has 0 fully saturated rings. The minimum atomic E-state index is 0.409. The summed E-state index contributed by atoms with van der Waals surface area (Å²) in [5.41, 5.74) is 14.6. The van der Waals surface area contributed by atoms with Crippen molar-refractivity contribution < 1.29 is 4.42 Å². The lowest BCUT2D eigenvalue weighted by Crippen LogP contribution is -1.96. The quantitative estimate of drug-likeness (QED) is 0.548. The van der Waals surface area contributed by atoms with Crippen molar-refractivity contribution in [2.45, 2.75) is 0 Å². The molecule has 0 aliphatic heterocycles. The Morgan fingerprint density at radius 2 is 1.82 bits per heavy atom. The minimum Gasteiger partial charge on any atom is -0.436 e. The SMILES string of the molecule is Nc1ccc(-c2cnc(-c3cc4c(N)ncnn4c3)o2)cc1. The predicted molar refractivity (Wildman–Crippen MR) is 82.7 cm³/mol. The van der Waals surface area contributed by atoms with Crippen LogP contribution in [0.3, 0.4) is 0 Å². The number of fused-ring (bicyclic) bond motifs is 1. The first-order chi connectivity index (χ1) is 10.7. The molecular formula is C15H12N6O. The minimum absolute atomic E-state index is 0.409. The Bertz CT molecular complexity index is 954. The summed E-state index contributed by atoms with van der Waals surface area (Å²) in [6.45, 7) is 0. The Kier molecular flexibility index (Phi) is 2.59. The first-order valence-corrected chi connectivity index (χ1v) is 6.62. The Hall–Kier alpha value is -3.35. The van der Waals surface area contributed by atoms with Gasteiger partial charge in [-0.05, 0) is 30.3 Å². The maximum absolute atomic E-state index is 5.82. The number of hydrogen-bond acceptors (Lipinski definition) is 6. The van der Waals surface area contributed by atoms with Crippen LogP contribution in [0, 0.1) is 0 Å². The lowest BCUT2D eigenvalue weighted by Gasteiger charge is -1.96. The number of hydrogen-bond donors (Lipinski definition) is 2. The predicted octanol–water partition coefficient (Wildman–Crippen LogP) is 2.22. The highest BCUT2D eigenvalue weighted by atomic mass is 16.4. The van der Waals surface area contributed by atoms with Gasteiger partial charge in [0.05, 0.1) is 11.8 Å². The van der Waals surface area contributed by atoms with E-state index in [0.717, 1.165) is 11.1 Å². The fourth-order valence-electron chi connectivity index (χ4n) is 2.25. The molecule has 1 aromatic carbocycles. The second-order valence-corrected chi connectivity index (χ2v) is 4.86. The number of oxazole rings is 1. The van der Waals surface area contributed by atoms with Crippen LogP contribution in [0.4, 0.5) is 11.5 Å². The highest BCUT2D eigenvalue weighted by molar-refractivity contribution is 5.73. The van der Waals surface area contributed by atoms with E-state index >= 15 is 0 Å². The smallest absolute Gasteiger partial charge is 0.228 e. The normalized spacial score (nSPS) is 11.1. The number of nitrogens with zero attached hydrogens (tertiary/aromatic N) is 4. The van der Waals surface area contributed by atoms with Gasteiger partial charge in [-0.15, -0.1) is 0 Å². The van der Waals surface area contributed by atoms with Crippen molar-refractivity contribution in [3.63, 3.8) is 0 Å². The molecule has 7 heteroatoms. The molecule has 0 aliphatic carbocycles. The van der Waals surface area contributed by atoms with Gasteiger partial charge in [-0.2, -0.15) is 5.10 Å². The van der Waals surface area contributed by atoms with Crippen molar-refractivity contribution in [3.05, 3.63) is 49.1 Å². The molecule has 22 heavy (non-hydrogen) atoms. The lowest BCUT2D eigenvalue weighted by molar-refractivity contribution is 0.589. The molecular weight excluding hydrogens is 280 g/mol. The van der Waals surface area contributed by atoms with Crippen LogP contribution >= 0.6 is 0 Å². The average Bonchev–Trinajstić information content (AvgIpc) is 3.15. The van der Waals surface area contributed by atoms with E-state index in [1.54, 1.807) is 16.9 Å². The van der Waals surface area contributed by atoms with Gasteiger partial charge in [0.1, 0.15) is 11.8 Å². The van der Waals surface area contributed by atoms with Crippen LogP contribution < -0.4 is 11.5 Å². The summed E-state index contributed by atoms with van der Waals surface area (Å²) in [5.74, 6) is 1.58. The molecule has 0 saturated carbocycles. The molecule has 0 spiro atoms. The molecule has 108 valence electrons. The zero-order valence-electron chi connectivity index (χ0n) is 11.5. The second kappa shape index (κ2) is 4.59. The van der Waals surface area contributed by atoms with Gasteiger partial charge in [0.2, 0.25) is 5.89 Å². The molecule has 0 amide bonds. The van der Waals surface area contributed by atoms with E-state index < -0.39 is 0 Å². The van der Waals surface area contributed by atoms with Gasteiger partial charge in [0, 0.05) is 17.4 Å². The van der Waals surface area contributed by atoms with Crippen LogP contribution in [0.15, 0.2) is 53.5 Å². The van der Waals surface area contributed by atoms with Crippen molar-refractivity contribution in [3.8, 4) is 22.8 Å². The van der Waals surface area contributed by atoms with Crippen LogP contribution in [-0.4, -0.2) is 19.6 Å². The fourth-order valence-corrected chi connectivity index (χ4v) is 2.25. The van der Waals surface area contributed by atoms with Gasteiger partial charge < -0.3 is 15.9 Å². The Labute approximate surface area is 125 Å². The number of benzene rings is 1. The second-order valence-electron chi connectivity index (χ2n) is 4.86.